The molecule has 1 N–H and O–H groups in total. The van der Waals surface area contributed by atoms with E-state index in [0.717, 1.165) is 23.0 Å². The van der Waals surface area contributed by atoms with Gasteiger partial charge in [0.2, 0.25) is 0 Å². The fourth-order valence-corrected chi connectivity index (χ4v) is 3.49. The van der Waals surface area contributed by atoms with Crippen LogP contribution in [0.5, 0.6) is 0 Å². The number of benzene rings is 1. The van der Waals surface area contributed by atoms with Crippen molar-refractivity contribution in [2.75, 3.05) is 6.54 Å². The molecule has 1 fully saturated rings. The molecule has 1 aromatic rings. The number of hydrogen-bond donors (Lipinski definition) is 1. The van der Waals surface area contributed by atoms with Gasteiger partial charge in [-0.05, 0) is 43.9 Å². The lowest BCUT2D eigenvalue weighted by Gasteiger charge is -2.26. The highest BCUT2D eigenvalue weighted by Gasteiger charge is 2.29. The molecule has 0 aromatic heterocycles. The Kier molecular flexibility index (Phi) is 5.19. The SMILES string of the molecule is CCCNC(c1c(F)cccc1Br)C1CCCC1. The molecule has 0 aliphatic heterocycles. The highest BCUT2D eigenvalue weighted by molar-refractivity contribution is 9.10. The van der Waals surface area contributed by atoms with Crippen molar-refractivity contribution in [3.8, 4) is 0 Å². The zero-order valence-corrected chi connectivity index (χ0v) is 12.5. The first kappa shape index (κ1) is 14.0. The standard InChI is InChI=1S/C15H21BrFN/c1-2-10-18-15(11-6-3-4-7-11)14-12(16)8-5-9-13(14)17/h5,8-9,11,15,18H,2-4,6-7,10H2,1H3. The van der Waals surface area contributed by atoms with E-state index in [1.807, 2.05) is 6.07 Å². The first-order valence-corrected chi connectivity index (χ1v) is 7.70. The molecule has 3 heteroatoms. The maximum absolute atomic E-state index is 14.1. The Bertz CT molecular complexity index is 368. The molecule has 1 aliphatic rings. The van der Waals surface area contributed by atoms with E-state index in [2.05, 4.69) is 28.2 Å². The van der Waals surface area contributed by atoms with Crippen molar-refractivity contribution >= 4 is 15.9 Å². The Morgan fingerprint density at radius 2 is 2.11 bits per heavy atom. The minimum absolute atomic E-state index is 0.0927. The summed E-state index contributed by atoms with van der Waals surface area (Å²) in [5.41, 5.74) is 0.817. The van der Waals surface area contributed by atoms with Crippen LogP contribution in [0.2, 0.25) is 0 Å². The van der Waals surface area contributed by atoms with Gasteiger partial charge in [0, 0.05) is 16.1 Å². The van der Waals surface area contributed by atoms with Crippen LogP contribution in [0.3, 0.4) is 0 Å². The van der Waals surface area contributed by atoms with Gasteiger partial charge in [0.1, 0.15) is 5.82 Å². The maximum atomic E-state index is 14.1. The fourth-order valence-electron chi connectivity index (χ4n) is 2.90. The topological polar surface area (TPSA) is 12.0 Å². The van der Waals surface area contributed by atoms with Gasteiger partial charge in [-0.2, -0.15) is 0 Å². The summed E-state index contributed by atoms with van der Waals surface area (Å²) in [5.74, 6) is 0.481. The molecule has 1 nitrogen and oxygen atoms in total. The molecule has 1 aromatic carbocycles. The average Bonchev–Trinajstić information content (AvgIpc) is 2.86. The highest BCUT2D eigenvalue weighted by Crippen LogP contribution is 2.39. The summed E-state index contributed by atoms with van der Waals surface area (Å²) in [7, 11) is 0. The van der Waals surface area contributed by atoms with E-state index in [1.54, 1.807) is 12.1 Å². The fraction of sp³-hybridized carbons (Fsp3) is 0.600. The molecular formula is C15H21BrFN. The largest absolute Gasteiger partial charge is 0.310 e. The van der Waals surface area contributed by atoms with E-state index in [-0.39, 0.29) is 11.9 Å². The second-order valence-electron chi connectivity index (χ2n) is 5.11. The molecule has 0 amide bonds. The van der Waals surface area contributed by atoms with Gasteiger partial charge in [-0.3, -0.25) is 0 Å². The Balaban J connectivity index is 2.26. The van der Waals surface area contributed by atoms with Crippen molar-refractivity contribution in [1.29, 1.82) is 0 Å². The third-order valence-electron chi connectivity index (χ3n) is 3.80. The lowest BCUT2D eigenvalue weighted by atomic mass is 9.91. The molecule has 1 saturated carbocycles. The van der Waals surface area contributed by atoms with E-state index >= 15 is 0 Å². The summed E-state index contributed by atoms with van der Waals surface area (Å²) in [5, 5.41) is 3.54. The van der Waals surface area contributed by atoms with Crippen LogP contribution in [0.1, 0.15) is 50.6 Å². The molecule has 0 heterocycles. The summed E-state index contributed by atoms with van der Waals surface area (Å²) < 4.78 is 15.0. The monoisotopic (exact) mass is 313 g/mol. The van der Waals surface area contributed by atoms with Crippen molar-refractivity contribution in [3.63, 3.8) is 0 Å². The highest BCUT2D eigenvalue weighted by atomic mass is 79.9. The van der Waals surface area contributed by atoms with Gasteiger partial charge in [-0.15, -0.1) is 0 Å². The lowest BCUT2D eigenvalue weighted by Crippen LogP contribution is -2.29. The van der Waals surface area contributed by atoms with Crippen LogP contribution in [0.4, 0.5) is 4.39 Å². The molecule has 1 aliphatic carbocycles. The molecule has 0 bridgehead atoms. The van der Waals surface area contributed by atoms with Crippen LogP contribution in [-0.4, -0.2) is 6.54 Å². The van der Waals surface area contributed by atoms with Crippen LogP contribution in [0.15, 0.2) is 22.7 Å². The summed E-state index contributed by atoms with van der Waals surface area (Å²) in [4.78, 5) is 0. The third-order valence-corrected chi connectivity index (χ3v) is 4.49. The summed E-state index contributed by atoms with van der Waals surface area (Å²) >= 11 is 3.51. The Morgan fingerprint density at radius 1 is 1.39 bits per heavy atom. The smallest absolute Gasteiger partial charge is 0.129 e. The molecule has 1 unspecified atom stereocenters. The van der Waals surface area contributed by atoms with Gasteiger partial charge in [0.05, 0.1) is 0 Å². The Hall–Kier alpha value is -0.410. The van der Waals surface area contributed by atoms with E-state index in [1.165, 1.54) is 25.7 Å². The van der Waals surface area contributed by atoms with Crippen LogP contribution in [-0.2, 0) is 0 Å². The van der Waals surface area contributed by atoms with Crippen LogP contribution in [0, 0.1) is 11.7 Å². The summed E-state index contributed by atoms with van der Waals surface area (Å²) in [6.07, 6.45) is 6.06. The zero-order chi connectivity index (χ0) is 13.0. The third kappa shape index (κ3) is 3.12. The Morgan fingerprint density at radius 3 is 2.72 bits per heavy atom. The molecule has 0 spiro atoms. The van der Waals surface area contributed by atoms with Crippen LogP contribution < -0.4 is 5.32 Å². The number of hydrogen-bond acceptors (Lipinski definition) is 1. The molecular weight excluding hydrogens is 293 g/mol. The minimum Gasteiger partial charge on any atom is -0.310 e. The number of halogens is 2. The van der Waals surface area contributed by atoms with Crippen LogP contribution in [0.25, 0.3) is 0 Å². The van der Waals surface area contributed by atoms with Gasteiger partial charge in [0.25, 0.3) is 0 Å². The van der Waals surface area contributed by atoms with Gasteiger partial charge in [-0.1, -0.05) is 41.8 Å². The minimum atomic E-state index is -0.0927. The maximum Gasteiger partial charge on any atom is 0.129 e. The zero-order valence-electron chi connectivity index (χ0n) is 10.9. The van der Waals surface area contributed by atoms with E-state index in [0.29, 0.717) is 5.92 Å². The van der Waals surface area contributed by atoms with Crippen molar-refractivity contribution in [3.05, 3.63) is 34.1 Å². The second-order valence-corrected chi connectivity index (χ2v) is 5.97. The van der Waals surface area contributed by atoms with E-state index in [4.69, 9.17) is 0 Å². The van der Waals surface area contributed by atoms with Crippen molar-refractivity contribution in [2.24, 2.45) is 5.92 Å². The van der Waals surface area contributed by atoms with Crippen molar-refractivity contribution in [1.82, 2.24) is 5.32 Å². The quantitative estimate of drug-likeness (QED) is 0.821. The Labute approximate surface area is 117 Å². The van der Waals surface area contributed by atoms with E-state index in [9.17, 15) is 4.39 Å². The normalized spacial score (nSPS) is 18.2. The number of rotatable bonds is 5. The summed E-state index contributed by atoms with van der Waals surface area (Å²) in [6, 6.07) is 5.42. The van der Waals surface area contributed by atoms with Crippen molar-refractivity contribution in [2.45, 2.75) is 45.1 Å². The van der Waals surface area contributed by atoms with E-state index < -0.39 is 0 Å². The first-order chi connectivity index (χ1) is 8.74. The number of nitrogens with one attached hydrogen (secondary N) is 1. The van der Waals surface area contributed by atoms with Gasteiger partial charge in [0.15, 0.2) is 0 Å². The lowest BCUT2D eigenvalue weighted by molar-refractivity contribution is 0.356. The molecule has 100 valence electrons. The predicted octanol–water partition coefficient (Wildman–Crippen LogP) is 4.82. The first-order valence-electron chi connectivity index (χ1n) is 6.91. The molecule has 0 radical (unpaired) electrons. The second kappa shape index (κ2) is 6.67. The van der Waals surface area contributed by atoms with Gasteiger partial charge in [-0.25, -0.2) is 4.39 Å². The van der Waals surface area contributed by atoms with Crippen LogP contribution >= 0.6 is 15.9 Å². The molecule has 0 saturated heterocycles. The van der Waals surface area contributed by atoms with Gasteiger partial charge >= 0.3 is 0 Å². The molecule has 2 rings (SSSR count). The van der Waals surface area contributed by atoms with Crippen molar-refractivity contribution < 1.29 is 4.39 Å². The molecule has 1 atom stereocenters. The average molecular weight is 314 g/mol. The summed E-state index contributed by atoms with van der Waals surface area (Å²) in [6.45, 7) is 3.09. The predicted molar refractivity (Wildman–Crippen MR) is 77.1 cm³/mol. The molecule has 18 heavy (non-hydrogen) atoms. The van der Waals surface area contributed by atoms with Gasteiger partial charge < -0.3 is 5.32 Å².